The molecule has 1 heterocycles. The maximum atomic E-state index is 13.8. The van der Waals surface area contributed by atoms with Crippen molar-refractivity contribution in [1.82, 2.24) is 10.2 Å². The van der Waals surface area contributed by atoms with Crippen molar-refractivity contribution in [2.24, 2.45) is 23.7 Å². The SMILES string of the molecule is C=C/C=C(CC(NC(=O)C(C)C(OC)C1CC2CC2N1C(=O)CC(OC)C(CCC)C(C)CC)C(=O)O)\C(C)=C/C.CC. The number of carbonyl (C=O) groups is 3. The van der Waals surface area contributed by atoms with E-state index >= 15 is 0 Å². The largest absolute Gasteiger partial charge is 0.480 e. The van der Waals surface area contributed by atoms with E-state index in [1.54, 1.807) is 33.3 Å². The number of nitrogens with one attached hydrogen (secondary N) is 1. The summed E-state index contributed by atoms with van der Waals surface area (Å²) in [5.41, 5.74) is 1.72. The predicted octanol–water partition coefficient (Wildman–Crippen LogP) is 6.56. The van der Waals surface area contributed by atoms with Crippen LogP contribution in [0.15, 0.2) is 36.0 Å². The van der Waals surface area contributed by atoms with Gasteiger partial charge in [-0.3, -0.25) is 9.59 Å². The lowest BCUT2D eigenvalue weighted by Crippen LogP contribution is -2.53. The third-order valence-corrected chi connectivity index (χ3v) is 9.44. The number of piperidine rings is 1. The predicted molar refractivity (Wildman–Crippen MR) is 174 cm³/mol. The molecule has 2 aliphatic rings. The molecule has 1 saturated heterocycles. The quantitative estimate of drug-likeness (QED) is 0.172. The van der Waals surface area contributed by atoms with Gasteiger partial charge in [0, 0.05) is 26.7 Å². The number of nitrogens with zero attached hydrogens (tertiary/aromatic N) is 1. The van der Waals surface area contributed by atoms with Crippen LogP contribution in [0.3, 0.4) is 0 Å². The van der Waals surface area contributed by atoms with Crippen LogP contribution in [0.5, 0.6) is 0 Å². The van der Waals surface area contributed by atoms with Crippen LogP contribution in [0.1, 0.15) is 100 Å². The summed E-state index contributed by atoms with van der Waals surface area (Å²) >= 11 is 0. The van der Waals surface area contributed by atoms with Gasteiger partial charge in [0.05, 0.1) is 30.6 Å². The third-order valence-electron chi connectivity index (χ3n) is 9.44. The normalized spacial score (nSPS) is 24.0. The van der Waals surface area contributed by atoms with Crippen molar-refractivity contribution in [3.63, 3.8) is 0 Å². The highest BCUT2D eigenvalue weighted by Crippen LogP contribution is 2.50. The molecule has 2 amide bonds. The Morgan fingerprint density at radius 2 is 1.74 bits per heavy atom. The highest BCUT2D eigenvalue weighted by atomic mass is 16.5. The number of allylic oxidation sites excluding steroid dienone is 4. The molecular weight excluding hydrogens is 544 g/mol. The minimum Gasteiger partial charge on any atom is -0.480 e. The molecule has 0 aromatic heterocycles. The van der Waals surface area contributed by atoms with Crippen LogP contribution in [0, 0.1) is 23.7 Å². The Morgan fingerprint density at radius 1 is 1.09 bits per heavy atom. The zero-order valence-corrected chi connectivity index (χ0v) is 28.5. The van der Waals surface area contributed by atoms with Crippen molar-refractivity contribution >= 4 is 17.8 Å². The molecule has 0 bridgehead atoms. The first-order valence-corrected chi connectivity index (χ1v) is 16.3. The highest BCUT2D eigenvalue weighted by molar-refractivity contribution is 5.86. The number of carboxylic acid groups (broad SMARTS) is 1. The number of fused-ring (bicyclic) bond motifs is 1. The fourth-order valence-electron chi connectivity index (χ4n) is 6.57. The number of aliphatic carboxylic acids is 1. The number of hydrogen-bond donors (Lipinski definition) is 2. The van der Waals surface area contributed by atoms with E-state index in [-0.39, 0.29) is 30.5 Å². The molecule has 9 atom stereocenters. The van der Waals surface area contributed by atoms with Gasteiger partial charge in [-0.1, -0.05) is 84.8 Å². The van der Waals surface area contributed by atoms with Crippen molar-refractivity contribution in [2.45, 2.75) is 131 Å². The lowest BCUT2D eigenvalue weighted by Gasteiger charge is -2.37. The van der Waals surface area contributed by atoms with Gasteiger partial charge >= 0.3 is 5.97 Å². The third kappa shape index (κ3) is 10.3. The van der Waals surface area contributed by atoms with Crippen LogP contribution >= 0.6 is 0 Å². The van der Waals surface area contributed by atoms with Gasteiger partial charge in [-0.05, 0) is 56.4 Å². The number of likely N-dealkylation sites (tertiary alicyclic amines) is 1. The Morgan fingerprint density at radius 3 is 2.23 bits per heavy atom. The van der Waals surface area contributed by atoms with Gasteiger partial charge in [0.1, 0.15) is 6.04 Å². The molecule has 1 aliphatic heterocycles. The van der Waals surface area contributed by atoms with Gasteiger partial charge in [0.25, 0.3) is 0 Å². The van der Waals surface area contributed by atoms with Gasteiger partial charge in [-0.2, -0.15) is 0 Å². The van der Waals surface area contributed by atoms with E-state index in [2.05, 4.69) is 32.7 Å². The van der Waals surface area contributed by atoms with E-state index < -0.39 is 29.9 Å². The Balaban J connectivity index is 0.00000452. The number of amides is 2. The van der Waals surface area contributed by atoms with Crippen LogP contribution in [-0.4, -0.2) is 72.3 Å². The minimum atomic E-state index is -1.11. The van der Waals surface area contributed by atoms with E-state index in [1.165, 1.54) is 0 Å². The molecule has 0 aromatic rings. The Kier molecular flexibility index (Phi) is 17.1. The topological polar surface area (TPSA) is 105 Å². The average Bonchev–Trinajstić information content (AvgIpc) is 3.67. The number of methoxy groups -OCH3 is 2. The average molecular weight is 605 g/mol. The number of hydrogen-bond acceptors (Lipinski definition) is 5. The summed E-state index contributed by atoms with van der Waals surface area (Å²) in [7, 11) is 3.26. The summed E-state index contributed by atoms with van der Waals surface area (Å²) in [5, 5.41) is 12.6. The van der Waals surface area contributed by atoms with E-state index in [4.69, 9.17) is 9.47 Å². The number of carbonyl (C=O) groups excluding carboxylic acids is 2. The first-order valence-electron chi connectivity index (χ1n) is 16.3. The van der Waals surface area contributed by atoms with Crippen LogP contribution in [0.25, 0.3) is 0 Å². The van der Waals surface area contributed by atoms with Gasteiger partial charge in [0.15, 0.2) is 0 Å². The summed E-state index contributed by atoms with van der Waals surface area (Å²) in [6.07, 6.45) is 9.86. The second-order valence-corrected chi connectivity index (χ2v) is 12.0. The molecule has 43 heavy (non-hydrogen) atoms. The second-order valence-electron chi connectivity index (χ2n) is 12.0. The first-order chi connectivity index (χ1) is 20.5. The molecule has 2 fully saturated rings. The van der Waals surface area contributed by atoms with E-state index in [0.29, 0.717) is 24.2 Å². The van der Waals surface area contributed by atoms with Crippen LogP contribution in [0.2, 0.25) is 0 Å². The van der Waals surface area contributed by atoms with Gasteiger partial charge in [0.2, 0.25) is 11.8 Å². The van der Waals surface area contributed by atoms with E-state index in [9.17, 15) is 19.5 Å². The standard InChI is InChI=1S/C33H54N2O6.C2H6/c1-10-14-23(20(5)12-3)16-26(33(38)39)34-32(37)22(7)31(41-9)28-18-24-17-27(24)35(28)30(36)19-29(40-8)25(15-11-2)21(6)13-4;1-2/h10,12,14,21-22,24-29,31H,1,11,13,15-19H2,2-9H3,(H,34,37)(H,38,39);1-2H3/b20-12-,23-14-;. The van der Waals surface area contributed by atoms with Crippen LogP contribution < -0.4 is 5.32 Å². The first kappa shape index (κ1) is 38.6. The fourth-order valence-corrected chi connectivity index (χ4v) is 6.57. The lowest BCUT2D eigenvalue weighted by atomic mass is 9.82. The molecule has 1 saturated carbocycles. The molecule has 8 heteroatoms. The van der Waals surface area contributed by atoms with Crippen molar-refractivity contribution in [3.8, 4) is 0 Å². The molecule has 2 N–H and O–H groups in total. The summed E-state index contributed by atoms with van der Waals surface area (Å²) < 4.78 is 11.8. The second kappa shape index (κ2) is 19.0. The minimum absolute atomic E-state index is 0.0513. The van der Waals surface area contributed by atoms with Gasteiger partial charge in [-0.25, -0.2) is 4.79 Å². The monoisotopic (exact) mass is 604 g/mol. The summed E-state index contributed by atoms with van der Waals surface area (Å²) in [5.74, 6) is -0.936. The zero-order valence-electron chi connectivity index (χ0n) is 28.5. The summed E-state index contributed by atoms with van der Waals surface area (Å²) in [6, 6.07) is -1.17. The number of rotatable bonds is 18. The Bertz CT molecular complexity index is 975. The van der Waals surface area contributed by atoms with Crippen molar-refractivity contribution in [2.75, 3.05) is 14.2 Å². The van der Waals surface area contributed by atoms with Crippen LogP contribution in [0.4, 0.5) is 0 Å². The maximum absolute atomic E-state index is 13.8. The lowest BCUT2D eigenvalue weighted by molar-refractivity contribution is -0.146. The molecule has 0 aromatic carbocycles. The van der Waals surface area contributed by atoms with Gasteiger partial charge in [-0.15, -0.1) is 0 Å². The molecule has 8 nitrogen and oxygen atoms in total. The molecule has 0 spiro atoms. The zero-order chi connectivity index (χ0) is 32.9. The molecule has 246 valence electrons. The van der Waals surface area contributed by atoms with Crippen molar-refractivity contribution in [1.29, 1.82) is 0 Å². The molecule has 1 aliphatic carbocycles. The maximum Gasteiger partial charge on any atom is 0.326 e. The Hall–Kier alpha value is -2.45. The smallest absolute Gasteiger partial charge is 0.326 e. The highest BCUT2D eigenvalue weighted by Gasteiger charge is 2.57. The number of carboxylic acids is 1. The summed E-state index contributed by atoms with van der Waals surface area (Å²) in [6.45, 7) is 19.8. The molecule has 0 radical (unpaired) electrons. The Labute approximate surface area is 261 Å². The number of ether oxygens (including phenoxy) is 2. The van der Waals surface area contributed by atoms with Crippen molar-refractivity contribution < 1.29 is 29.0 Å². The molecule has 9 unspecified atom stereocenters. The molecular formula is C35H60N2O6. The van der Waals surface area contributed by atoms with E-state index in [1.807, 2.05) is 38.7 Å². The van der Waals surface area contributed by atoms with Gasteiger partial charge < -0.3 is 24.8 Å². The fraction of sp³-hybridized carbons (Fsp3) is 0.743. The summed E-state index contributed by atoms with van der Waals surface area (Å²) in [4.78, 5) is 41.3. The van der Waals surface area contributed by atoms with E-state index in [0.717, 1.165) is 43.3 Å². The van der Waals surface area contributed by atoms with Crippen LogP contribution in [-0.2, 0) is 23.9 Å². The van der Waals surface area contributed by atoms with Crippen molar-refractivity contribution in [3.05, 3.63) is 36.0 Å². The molecule has 2 rings (SSSR count).